The second-order valence-corrected chi connectivity index (χ2v) is 8.23. The van der Waals surface area contributed by atoms with Gasteiger partial charge in [-0.3, -0.25) is 0 Å². The first-order chi connectivity index (χ1) is 8.90. The van der Waals surface area contributed by atoms with E-state index in [1.54, 1.807) is 29.5 Å². The Morgan fingerprint density at radius 3 is 2.63 bits per heavy atom. The Bertz CT molecular complexity index is 696. The zero-order chi connectivity index (χ0) is 14.0. The van der Waals surface area contributed by atoms with Gasteiger partial charge in [0.2, 0.25) is 10.0 Å². The number of nitrogens with one attached hydrogen (secondary N) is 1. The molecule has 0 aliphatic carbocycles. The van der Waals surface area contributed by atoms with E-state index < -0.39 is 10.0 Å². The highest BCUT2D eigenvalue weighted by Gasteiger charge is 2.18. The molecule has 2 aromatic rings. The zero-order valence-electron chi connectivity index (χ0n) is 9.98. The van der Waals surface area contributed by atoms with Crippen LogP contribution in [0.4, 0.5) is 0 Å². The van der Waals surface area contributed by atoms with Crippen LogP contribution in [-0.2, 0) is 16.6 Å². The lowest BCUT2D eigenvalue weighted by Crippen LogP contribution is -2.23. The topological polar surface area (TPSA) is 46.2 Å². The van der Waals surface area contributed by atoms with Crippen LogP contribution in [0.5, 0.6) is 0 Å². The summed E-state index contributed by atoms with van der Waals surface area (Å²) in [7, 11) is -3.53. The molecule has 2 rings (SSSR count). The number of thiophene rings is 1. The minimum absolute atomic E-state index is 0.231. The molecule has 0 bridgehead atoms. The van der Waals surface area contributed by atoms with Gasteiger partial charge in [-0.2, -0.15) is 11.3 Å². The van der Waals surface area contributed by atoms with E-state index in [9.17, 15) is 8.42 Å². The lowest BCUT2D eigenvalue weighted by atomic mass is 10.2. The molecule has 0 unspecified atom stereocenters. The van der Waals surface area contributed by atoms with Gasteiger partial charge in [-0.15, -0.1) is 0 Å². The van der Waals surface area contributed by atoms with Gasteiger partial charge in [0, 0.05) is 15.5 Å². The van der Waals surface area contributed by atoms with Gasteiger partial charge in [0.15, 0.2) is 0 Å². The normalized spacial score (nSPS) is 11.7. The molecule has 0 fully saturated rings. The SMILES string of the molecule is Cc1cscc1CNS(=O)(=O)c1cc(Br)ccc1Br. The molecular weight excluding hydrogens is 414 g/mol. The Morgan fingerprint density at radius 2 is 2.00 bits per heavy atom. The molecule has 0 saturated carbocycles. The molecule has 0 saturated heterocycles. The van der Waals surface area contributed by atoms with Crippen LogP contribution in [0.2, 0.25) is 0 Å². The van der Waals surface area contributed by atoms with E-state index in [0.717, 1.165) is 15.6 Å². The predicted molar refractivity (Wildman–Crippen MR) is 84.9 cm³/mol. The molecule has 1 N–H and O–H groups in total. The fourth-order valence-electron chi connectivity index (χ4n) is 1.50. The van der Waals surface area contributed by atoms with Crippen molar-refractivity contribution in [3.8, 4) is 0 Å². The first-order valence-corrected chi connectivity index (χ1v) is 9.38. The molecule has 7 heteroatoms. The summed E-state index contributed by atoms with van der Waals surface area (Å²) in [5.74, 6) is 0. The van der Waals surface area contributed by atoms with Crippen molar-refractivity contribution in [3.63, 3.8) is 0 Å². The summed E-state index contributed by atoms with van der Waals surface area (Å²) in [5, 5.41) is 3.95. The average Bonchev–Trinajstić information content (AvgIpc) is 2.75. The van der Waals surface area contributed by atoms with E-state index in [0.29, 0.717) is 11.0 Å². The summed E-state index contributed by atoms with van der Waals surface area (Å²) < 4.78 is 28.4. The van der Waals surface area contributed by atoms with Crippen LogP contribution in [0, 0.1) is 6.92 Å². The molecule has 0 aliphatic rings. The quantitative estimate of drug-likeness (QED) is 0.804. The van der Waals surface area contributed by atoms with Crippen molar-refractivity contribution in [1.29, 1.82) is 0 Å². The monoisotopic (exact) mass is 423 g/mol. The minimum atomic E-state index is -3.53. The van der Waals surface area contributed by atoms with Crippen molar-refractivity contribution in [2.24, 2.45) is 0 Å². The van der Waals surface area contributed by atoms with Crippen molar-refractivity contribution in [3.05, 3.63) is 49.0 Å². The highest BCUT2D eigenvalue weighted by Crippen LogP contribution is 2.26. The third-order valence-corrected chi connectivity index (χ3v) is 6.40. The Kier molecular flexibility index (Phi) is 4.84. The van der Waals surface area contributed by atoms with Gasteiger partial charge in [-0.25, -0.2) is 13.1 Å². The molecule has 0 spiro atoms. The molecule has 102 valence electrons. The van der Waals surface area contributed by atoms with E-state index in [2.05, 4.69) is 36.6 Å². The first kappa shape index (κ1) is 15.2. The fourth-order valence-corrected chi connectivity index (χ4v) is 4.87. The standard InChI is InChI=1S/C12H11Br2NO2S2/c1-8-6-18-7-9(8)5-15-19(16,17)12-4-10(13)2-3-11(12)14/h2-4,6-7,15H,5H2,1H3. The Labute approximate surface area is 133 Å². The van der Waals surface area contributed by atoms with Crippen LogP contribution < -0.4 is 4.72 Å². The van der Waals surface area contributed by atoms with E-state index in [1.807, 2.05) is 17.7 Å². The van der Waals surface area contributed by atoms with Crippen LogP contribution in [0.15, 0.2) is 42.8 Å². The maximum atomic E-state index is 12.3. The van der Waals surface area contributed by atoms with Gasteiger partial charge in [0.25, 0.3) is 0 Å². The van der Waals surface area contributed by atoms with Crippen molar-refractivity contribution < 1.29 is 8.42 Å². The number of hydrogen-bond donors (Lipinski definition) is 1. The molecule has 1 aromatic carbocycles. The highest BCUT2D eigenvalue weighted by atomic mass is 79.9. The van der Waals surface area contributed by atoms with E-state index in [4.69, 9.17) is 0 Å². The van der Waals surface area contributed by atoms with Crippen molar-refractivity contribution in [2.45, 2.75) is 18.4 Å². The van der Waals surface area contributed by atoms with Gasteiger partial charge in [-0.1, -0.05) is 15.9 Å². The molecule has 0 amide bonds. The summed E-state index contributed by atoms with van der Waals surface area (Å²) >= 11 is 8.11. The van der Waals surface area contributed by atoms with Gasteiger partial charge >= 0.3 is 0 Å². The Balaban J connectivity index is 2.23. The minimum Gasteiger partial charge on any atom is -0.207 e. The molecule has 0 atom stereocenters. The van der Waals surface area contributed by atoms with E-state index in [1.165, 1.54) is 0 Å². The van der Waals surface area contributed by atoms with Crippen LogP contribution in [-0.4, -0.2) is 8.42 Å². The molecule has 0 aliphatic heterocycles. The van der Waals surface area contributed by atoms with Gasteiger partial charge < -0.3 is 0 Å². The molecule has 1 heterocycles. The van der Waals surface area contributed by atoms with Gasteiger partial charge in [0.05, 0.1) is 4.90 Å². The molecular formula is C12H11Br2NO2S2. The number of aryl methyl sites for hydroxylation is 1. The van der Waals surface area contributed by atoms with Crippen molar-refractivity contribution in [1.82, 2.24) is 4.72 Å². The summed E-state index contributed by atoms with van der Waals surface area (Å²) in [5.41, 5.74) is 2.10. The summed E-state index contributed by atoms with van der Waals surface area (Å²) in [6.45, 7) is 2.27. The lowest BCUT2D eigenvalue weighted by Gasteiger charge is -2.09. The molecule has 0 radical (unpaired) electrons. The lowest BCUT2D eigenvalue weighted by molar-refractivity contribution is 0.580. The number of halogens is 2. The first-order valence-electron chi connectivity index (χ1n) is 5.36. The van der Waals surface area contributed by atoms with E-state index in [-0.39, 0.29) is 4.90 Å². The van der Waals surface area contributed by atoms with Crippen molar-refractivity contribution in [2.75, 3.05) is 0 Å². The predicted octanol–water partition coefficient (Wildman–Crippen LogP) is 4.06. The average molecular weight is 425 g/mol. The summed E-state index contributed by atoms with van der Waals surface area (Å²) in [6, 6.07) is 5.06. The largest absolute Gasteiger partial charge is 0.242 e. The van der Waals surface area contributed by atoms with Crippen LogP contribution in [0.25, 0.3) is 0 Å². The van der Waals surface area contributed by atoms with Gasteiger partial charge in [0.1, 0.15) is 0 Å². The van der Waals surface area contributed by atoms with Crippen LogP contribution in [0.3, 0.4) is 0 Å². The second-order valence-electron chi connectivity index (χ2n) is 3.98. The molecule has 3 nitrogen and oxygen atoms in total. The third-order valence-electron chi connectivity index (χ3n) is 2.60. The maximum absolute atomic E-state index is 12.3. The summed E-state index contributed by atoms with van der Waals surface area (Å²) in [4.78, 5) is 0.231. The number of rotatable bonds is 4. The van der Waals surface area contributed by atoms with Crippen LogP contribution in [0.1, 0.15) is 11.1 Å². The number of benzene rings is 1. The van der Waals surface area contributed by atoms with Gasteiger partial charge in [-0.05, 0) is 62.9 Å². The van der Waals surface area contributed by atoms with E-state index >= 15 is 0 Å². The zero-order valence-corrected chi connectivity index (χ0v) is 14.8. The Hall–Kier alpha value is -0.210. The maximum Gasteiger partial charge on any atom is 0.242 e. The summed E-state index contributed by atoms with van der Waals surface area (Å²) in [6.07, 6.45) is 0. The number of hydrogen-bond acceptors (Lipinski definition) is 3. The van der Waals surface area contributed by atoms with Crippen LogP contribution >= 0.6 is 43.2 Å². The van der Waals surface area contributed by atoms with Crippen molar-refractivity contribution >= 4 is 53.2 Å². The number of sulfonamides is 1. The smallest absolute Gasteiger partial charge is 0.207 e. The Morgan fingerprint density at radius 1 is 1.26 bits per heavy atom. The third kappa shape index (κ3) is 3.66. The molecule has 19 heavy (non-hydrogen) atoms. The molecule has 1 aromatic heterocycles. The highest BCUT2D eigenvalue weighted by molar-refractivity contribution is 9.11. The fraction of sp³-hybridized carbons (Fsp3) is 0.167. The second kappa shape index (κ2) is 6.05.